The molecular weight excluding hydrogens is 530 g/mol. The quantitative estimate of drug-likeness (QED) is 0.290. The van der Waals surface area contributed by atoms with Gasteiger partial charge in [0.15, 0.2) is 16.2 Å². The van der Waals surface area contributed by atoms with Gasteiger partial charge in [0.25, 0.3) is 12.0 Å². The minimum absolute atomic E-state index is 0.0172. The summed E-state index contributed by atoms with van der Waals surface area (Å²) in [5.74, 6) is 0.250. The summed E-state index contributed by atoms with van der Waals surface area (Å²) in [7, 11) is 2.95. The van der Waals surface area contributed by atoms with E-state index in [1.165, 1.54) is 14.2 Å². The van der Waals surface area contributed by atoms with Crippen molar-refractivity contribution in [2.45, 2.75) is 38.5 Å². The molecule has 204 valence electrons. The lowest BCUT2D eigenvalue weighted by atomic mass is 10.2. The fraction of sp³-hybridized carbons (Fsp3) is 0.333. The number of amides is 1. The molecule has 0 saturated carbocycles. The van der Waals surface area contributed by atoms with Gasteiger partial charge in [-0.3, -0.25) is 14.3 Å². The van der Waals surface area contributed by atoms with Crippen molar-refractivity contribution in [3.63, 3.8) is 0 Å². The van der Waals surface area contributed by atoms with Gasteiger partial charge in [-0.1, -0.05) is 41.7 Å². The van der Waals surface area contributed by atoms with E-state index >= 15 is 0 Å². The molecule has 5 rings (SSSR count). The average Bonchev–Trinajstić information content (AvgIpc) is 3.61. The molecule has 1 atom stereocenters. The van der Waals surface area contributed by atoms with Gasteiger partial charge in [-0.05, 0) is 30.5 Å². The molecule has 1 aliphatic rings. The van der Waals surface area contributed by atoms with Crippen LogP contribution in [0.4, 0.5) is 13.6 Å². The van der Waals surface area contributed by atoms with Crippen molar-refractivity contribution in [3.05, 3.63) is 80.8 Å². The molecule has 0 bridgehead atoms. The number of hydrogen-bond donors (Lipinski definition) is 0. The number of alkyl halides is 2. The van der Waals surface area contributed by atoms with Crippen LogP contribution >= 0.6 is 11.3 Å². The number of carbonyl (C=O) groups is 1. The van der Waals surface area contributed by atoms with Crippen molar-refractivity contribution >= 4 is 27.8 Å². The minimum Gasteiger partial charge on any atom is -0.497 e. The molecule has 1 unspecified atom stereocenters. The minimum atomic E-state index is -2.99. The molecule has 0 aliphatic carbocycles. The number of aromatic nitrogens is 3. The number of halogens is 2. The fourth-order valence-corrected chi connectivity index (χ4v) is 5.68. The summed E-state index contributed by atoms with van der Waals surface area (Å²) in [5, 5.41) is 0.462. The Hall–Kier alpha value is -4.06. The third-order valence-corrected chi connectivity index (χ3v) is 7.61. The molecule has 9 nitrogen and oxygen atoms in total. The Kier molecular flexibility index (Phi) is 7.73. The van der Waals surface area contributed by atoms with Gasteiger partial charge in [-0.25, -0.2) is 23.5 Å². The summed E-state index contributed by atoms with van der Waals surface area (Å²) in [4.78, 5) is 36.6. The van der Waals surface area contributed by atoms with E-state index < -0.39 is 29.9 Å². The Bertz CT molecular complexity index is 1540. The number of likely N-dealkylation sites (tertiary alicyclic amines) is 1. The zero-order valence-corrected chi connectivity index (χ0v) is 22.1. The lowest BCUT2D eigenvalue weighted by Gasteiger charge is -2.22. The number of methoxy groups -OCH3 is 2. The molecule has 0 spiro atoms. The molecule has 12 heteroatoms. The third kappa shape index (κ3) is 5.42. The first-order chi connectivity index (χ1) is 18.9. The molecule has 1 fully saturated rings. The van der Waals surface area contributed by atoms with Gasteiger partial charge in [-0.2, -0.15) is 0 Å². The molecule has 1 aliphatic heterocycles. The highest BCUT2D eigenvalue weighted by molar-refractivity contribution is 7.18. The van der Waals surface area contributed by atoms with E-state index in [-0.39, 0.29) is 23.5 Å². The van der Waals surface area contributed by atoms with Crippen molar-refractivity contribution in [3.8, 4) is 11.5 Å². The Morgan fingerprint density at radius 2 is 1.92 bits per heavy atom. The van der Waals surface area contributed by atoms with Crippen LogP contribution in [0.3, 0.4) is 0 Å². The second-order valence-electron chi connectivity index (χ2n) is 8.94. The lowest BCUT2D eigenvalue weighted by Crippen LogP contribution is -2.31. The van der Waals surface area contributed by atoms with Gasteiger partial charge in [0, 0.05) is 18.2 Å². The fourth-order valence-electron chi connectivity index (χ4n) is 4.60. The monoisotopic (exact) mass is 556 g/mol. The lowest BCUT2D eigenvalue weighted by molar-refractivity contribution is 0.0920. The van der Waals surface area contributed by atoms with Gasteiger partial charge < -0.3 is 14.2 Å². The number of thiazole rings is 1. The summed E-state index contributed by atoms with van der Waals surface area (Å²) in [6.45, 7) is 0.399. The van der Waals surface area contributed by atoms with Crippen LogP contribution in [0.1, 0.15) is 47.3 Å². The van der Waals surface area contributed by atoms with Crippen molar-refractivity contribution in [2.24, 2.45) is 0 Å². The Balaban J connectivity index is 1.45. The van der Waals surface area contributed by atoms with E-state index in [1.807, 2.05) is 30.3 Å². The van der Waals surface area contributed by atoms with Crippen molar-refractivity contribution in [1.82, 2.24) is 19.4 Å². The molecule has 4 aromatic rings. The largest absolute Gasteiger partial charge is 0.497 e. The predicted molar refractivity (Wildman–Crippen MR) is 141 cm³/mol. The van der Waals surface area contributed by atoms with Crippen LogP contribution in [0.5, 0.6) is 11.5 Å². The van der Waals surface area contributed by atoms with Gasteiger partial charge in [0.1, 0.15) is 23.1 Å². The van der Waals surface area contributed by atoms with Crippen molar-refractivity contribution in [1.29, 1.82) is 0 Å². The summed E-state index contributed by atoms with van der Waals surface area (Å²) in [6, 6.07) is 13.8. The topological polar surface area (TPSA) is 95.8 Å². The molecule has 0 N–H and O–H groups in total. The van der Waals surface area contributed by atoms with Gasteiger partial charge >= 0.3 is 6.09 Å². The maximum absolute atomic E-state index is 14.1. The highest BCUT2D eigenvalue weighted by atomic mass is 32.1. The third-order valence-electron chi connectivity index (χ3n) is 6.56. The first-order valence-corrected chi connectivity index (χ1v) is 13.1. The SMILES string of the molecule is COc1ccc(Cn2c(C(F)F)nc3sc(C4CCCN4C(=O)OCc4ccccc4)nc3c2=O)c(OC)c1. The predicted octanol–water partition coefficient (Wildman–Crippen LogP) is 5.33. The number of benzene rings is 2. The van der Waals surface area contributed by atoms with E-state index in [0.29, 0.717) is 35.0 Å². The van der Waals surface area contributed by atoms with E-state index in [1.54, 1.807) is 23.1 Å². The molecule has 39 heavy (non-hydrogen) atoms. The smallest absolute Gasteiger partial charge is 0.410 e. The maximum Gasteiger partial charge on any atom is 0.410 e. The molecule has 3 heterocycles. The highest BCUT2D eigenvalue weighted by Crippen LogP contribution is 2.36. The number of fused-ring (bicyclic) bond motifs is 1. The van der Waals surface area contributed by atoms with Crippen LogP contribution in [0.15, 0.2) is 53.3 Å². The molecule has 1 saturated heterocycles. The molecular formula is C27H26F2N4O5S. The van der Waals surface area contributed by atoms with Gasteiger partial charge in [0.2, 0.25) is 0 Å². The second-order valence-corrected chi connectivity index (χ2v) is 9.95. The van der Waals surface area contributed by atoms with Crippen molar-refractivity contribution < 1.29 is 27.8 Å². The molecule has 1 amide bonds. The van der Waals surface area contributed by atoms with Crippen LogP contribution in [0.2, 0.25) is 0 Å². The Morgan fingerprint density at radius 3 is 2.64 bits per heavy atom. The Labute approximate surface area is 226 Å². The molecule has 0 radical (unpaired) electrons. The molecule has 2 aromatic heterocycles. The second kappa shape index (κ2) is 11.4. The van der Waals surface area contributed by atoms with Gasteiger partial charge in [0.05, 0.1) is 26.8 Å². The average molecular weight is 557 g/mol. The number of hydrogen-bond acceptors (Lipinski definition) is 8. The zero-order valence-electron chi connectivity index (χ0n) is 21.3. The van der Waals surface area contributed by atoms with Crippen LogP contribution < -0.4 is 15.0 Å². The van der Waals surface area contributed by atoms with E-state index in [9.17, 15) is 18.4 Å². The number of rotatable bonds is 8. The highest BCUT2D eigenvalue weighted by Gasteiger charge is 2.34. The Morgan fingerprint density at radius 1 is 1.13 bits per heavy atom. The van der Waals surface area contributed by atoms with Crippen LogP contribution in [-0.2, 0) is 17.9 Å². The summed E-state index contributed by atoms with van der Waals surface area (Å²) < 4.78 is 45.1. The van der Waals surface area contributed by atoms with Crippen LogP contribution in [0, 0.1) is 0 Å². The summed E-state index contributed by atoms with van der Waals surface area (Å²) >= 11 is 1.04. The zero-order chi connectivity index (χ0) is 27.5. The standard InChI is InChI=1S/C27H26F2N4O5S/c1-36-18-11-10-17(20(13-18)37-2)14-33-23(22(28)29)31-25-21(26(33)34)30-24(39-25)19-9-6-12-32(19)27(35)38-15-16-7-4-3-5-8-16/h3-5,7-8,10-11,13,19,22H,6,9,12,14-15H2,1-2H3. The summed E-state index contributed by atoms with van der Waals surface area (Å²) in [6.07, 6.45) is -2.16. The van der Waals surface area contributed by atoms with Gasteiger partial charge in [-0.15, -0.1) is 0 Å². The van der Waals surface area contributed by atoms with Crippen LogP contribution in [0.25, 0.3) is 10.3 Å². The normalized spacial score (nSPS) is 15.2. The first-order valence-electron chi connectivity index (χ1n) is 12.3. The summed E-state index contributed by atoms with van der Waals surface area (Å²) in [5.41, 5.74) is 0.657. The van der Waals surface area contributed by atoms with E-state index in [2.05, 4.69) is 9.97 Å². The first kappa shape index (κ1) is 26.5. The van der Waals surface area contributed by atoms with Crippen LogP contribution in [-0.4, -0.2) is 46.3 Å². The van der Waals surface area contributed by atoms with Crippen molar-refractivity contribution in [2.75, 3.05) is 20.8 Å². The molecule has 2 aromatic carbocycles. The number of ether oxygens (including phenoxy) is 3. The maximum atomic E-state index is 14.1. The number of carbonyl (C=O) groups excluding carboxylic acids is 1. The van der Waals surface area contributed by atoms with E-state index in [0.717, 1.165) is 27.9 Å². The number of nitrogens with zero attached hydrogens (tertiary/aromatic N) is 4. The van der Waals surface area contributed by atoms with E-state index in [4.69, 9.17) is 14.2 Å².